The van der Waals surface area contributed by atoms with Gasteiger partial charge < -0.3 is 15.2 Å². The standard InChI is InChI=1S/C17H25NO2/c1-17(2)11-12-7-6-10-15(16(12)20-17)19-14-9-5-3-4-8-13(14)18/h6-7,10,13-14H,3-5,8-9,11,18H2,1-2H3. The minimum atomic E-state index is -0.132. The molecule has 2 unspecified atom stereocenters. The van der Waals surface area contributed by atoms with E-state index in [4.69, 9.17) is 15.2 Å². The highest BCUT2D eigenvalue weighted by Crippen LogP contribution is 2.42. The monoisotopic (exact) mass is 275 g/mol. The number of fused-ring (bicyclic) bond motifs is 1. The first-order chi connectivity index (χ1) is 9.55. The highest BCUT2D eigenvalue weighted by Gasteiger charge is 2.33. The van der Waals surface area contributed by atoms with Crippen molar-refractivity contribution >= 4 is 0 Å². The Morgan fingerprint density at radius 3 is 2.85 bits per heavy atom. The molecular weight excluding hydrogens is 250 g/mol. The second-order valence-corrected chi connectivity index (χ2v) is 6.74. The summed E-state index contributed by atoms with van der Waals surface area (Å²) in [5.41, 5.74) is 7.37. The molecule has 1 aliphatic carbocycles. The summed E-state index contributed by atoms with van der Waals surface area (Å²) < 4.78 is 12.3. The van der Waals surface area contributed by atoms with E-state index in [1.165, 1.54) is 24.8 Å². The van der Waals surface area contributed by atoms with Gasteiger partial charge in [-0.1, -0.05) is 25.0 Å². The van der Waals surface area contributed by atoms with Crippen LogP contribution >= 0.6 is 0 Å². The van der Waals surface area contributed by atoms with Gasteiger partial charge in [-0.3, -0.25) is 0 Å². The molecule has 2 atom stereocenters. The first-order valence-electron chi connectivity index (χ1n) is 7.78. The Morgan fingerprint density at radius 1 is 1.20 bits per heavy atom. The Hall–Kier alpha value is -1.22. The fourth-order valence-corrected chi connectivity index (χ4v) is 3.29. The van der Waals surface area contributed by atoms with Gasteiger partial charge in [-0.2, -0.15) is 0 Å². The highest BCUT2D eigenvalue weighted by atomic mass is 16.5. The normalized spacial score (nSPS) is 28.4. The van der Waals surface area contributed by atoms with Crippen LogP contribution in [0.4, 0.5) is 0 Å². The Balaban J connectivity index is 1.80. The smallest absolute Gasteiger partial charge is 0.165 e. The molecule has 3 rings (SSSR count). The van der Waals surface area contributed by atoms with Gasteiger partial charge in [-0.15, -0.1) is 0 Å². The van der Waals surface area contributed by atoms with E-state index in [1.54, 1.807) is 0 Å². The number of benzene rings is 1. The van der Waals surface area contributed by atoms with Crippen molar-refractivity contribution in [1.82, 2.24) is 0 Å². The lowest BCUT2D eigenvalue weighted by molar-refractivity contribution is 0.117. The van der Waals surface area contributed by atoms with Crippen molar-refractivity contribution in [2.24, 2.45) is 5.73 Å². The van der Waals surface area contributed by atoms with Gasteiger partial charge in [-0.25, -0.2) is 0 Å². The summed E-state index contributed by atoms with van der Waals surface area (Å²) >= 11 is 0. The zero-order valence-electron chi connectivity index (χ0n) is 12.5. The summed E-state index contributed by atoms with van der Waals surface area (Å²) in [5, 5.41) is 0. The van der Waals surface area contributed by atoms with Crippen LogP contribution in [0.5, 0.6) is 11.5 Å². The van der Waals surface area contributed by atoms with Gasteiger partial charge in [0.2, 0.25) is 0 Å². The molecule has 0 bridgehead atoms. The summed E-state index contributed by atoms with van der Waals surface area (Å²) in [6, 6.07) is 6.34. The first-order valence-corrected chi connectivity index (χ1v) is 7.78. The molecule has 3 nitrogen and oxygen atoms in total. The van der Waals surface area contributed by atoms with E-state index < -0.39 is 0 Å². The quantitative estimate of drug-likeness (QED) is 0.841. The molecule has 1 saturated carbocycles. The van der Waals surface area contributed by atoms with Crippen LogP contribution in [0.15, 0.2) is 18.2 Å². The van der Waals surface area contributed by atoms with Crippen LogP contribution in [-0.4, -0.2) is 17.7 Å². The molecule has 0 radical (unpaired) electrons. The molecule has 110 valence electrons. The van der Waals surface area contributed by atoms with Crippen molar-refractivity contribution in [3.63, 3.8) is 0 Å². The lowest BCUT2D eigenvalue weighted by Gasteiger charge is -2.24. The molecule has 0 saturated heterocycles. The van der Waals surface area contributed by atoms with E-state index in [0.29, 0.717) is 0 Å². The third-order valence-corrected chi connectivity index (χ3v) is 4.34. The van der Waals surface area contributed by atoms with Crippen LogP contribution < -0.4 is 15.2 Å². The minimum Gasteiger partial charge on any atom is -0.485 e. The molecule has 2 N–H and O–H groups in total. The van der Waals surface area contributed by atoms with E-state index in [-0.39, 0.29) is 17.7 Å². The fourth-order valence-electron chi connectivity index (χ4n) is 3.29. The lowest BCUT2D eigenvalue weighted by atomic mass is 10.0. The highest BCUT2D eigenvalue weighted by molar-refractivity contribution is 5.50. The lowest BCUT2D eigenvalue weighted by Crippen LogP contribution is -2.38. The Labute approximate surface area is 121 Å². The van der Waals surface area contributed by atoms with Crippen LogP contribution in [0.1, 0.15) is 51.5 Å². The number of hydrogen-bond donors (Lipinski definition) is 1. The third kappa shape index (κ3) is 2.78. The molecule has 1 fully saturated rings. The molecule has 1 aliphatic heterocycles. The Morgan fingerprint density at radius 2 is 2.00 bits per heavy atom. The summed E-state index contributed by atoms with van der Waals surface area (Å²) in [7, 11) is 0. The van der Waals surface area contributed by atoms with Crippen LogP contribution in [0.25, 0.3) is 0 Å². The molecule has 1 aromatic rings. The van der Waals surface area contributed by atoms with Gasteiger partial charge in [0, 0.05) is 18.0 Å². The second-order valence-electron chi connectivity index (χ2n) is 6.74. The molecule has 0 spiro atoms. The van der Waals surface area contributed by atoms with E-state index in [2.05, 4.69) is 26.0 Å². The number of hydrogen-bond acceptors (Lipinski definition) is 3. The van der Waals surface area contributed by atoms with Crippen molar-refractivity contribution < 1.29 is 9.47 Å². The van der Waals surface area contributed by atoms with Gasteiger partial charge in [0.25, 0.3) is 0 Å². The molecule has 0 aromatic heterocycles. The molecule has 1 heterocycles. The average molecular weight is 275 g/mol. The zero-order valence-corrected chi connectivity index (χ0v) is 12.5. The number of rotatable bonds is 2. The van der Waals surface area contributed by atoms with E-state index >= 15 is 0 Å². The summed E-state index contributed by atoms with van der Waals surface area (Å²) in [6.45, 7) is 4.24. The van der Waals surface area contributed by atoms with Crippen LogP contribution in [0.2, 0.25) is 0 Å². The topological polar surface area (TPSA) is 44.5 Å². The van der Waals surface area contributed by atoms with Crippen LogP contribution in [0.3, 0.4) is 0 Å². The fraction of sp³-hybridized carbons (Fsp3) is 0.647. The average Bonchev–Trinajstić information content (AvgIpc) is 2.57. The number of para-hydroxylation sites is 1. The van der Waals surface area contributed by atoms with Crippen molar-refractivity contribution in [3.05, 3.63) is 23.8 Å². The maximum atomic E-state index is 6.26. The van der Waals surface area contributed by atoms with Gasteiger partial charge >= 0.3 is 0 Å². The minimum absolute atomic E-state index is 0.122. The van der Waals surface area contributed by atoms with E-state index in [0.717, 1.165) is 30.8 Å². The maximum absolute atomic E-state index is 6.26. The van der Waals surface area contributed by atoms with E-state index in [9.17, 15) is 0 Å². The molecule has 3 heteroatoms. The Bertz CT molecular complexity index is 484. The van der Waals surface area contributed by atoms with Crippen molar-refractivity contribution in [3.8, 4) is 11.5 Å². The molecular formula is C17H25NO2. The molecule has 2 aliphatic rings. The molecule has 1 aromatic carbocycles. The van der Waals surface area contributed by atoms with Crippen molar-refractivity contribution in [2.45, 2.75) is 70.1 Å². The van der Waals surface area contributed by atoms with E-state index in [1.807, 2.05) is 6.07 Å². The zero-order chi connectivity index (χ0) is 14.2. The summed E-state index contributed by atoms with van der Waals surface area (Å²) in [5.74, 6) is 1.80. The van der Waals surface area contributed by atoms with Gasteiger partial charge in [0.05, 0.1) is 0 Å². The third-order valence-electron chi connectivity index (χ3n) is 4.34. The van der Waals surface area contributed by atoms with Gasteiger partial charge in [0.15, 0.2) is 11.5 Å². The van der Waals surface area contributed by atoms with Crippen molar-refractivity contribution in [2.75, 3.05) is 0 Å². The Kier molecular flexibility index (Phi) is 3.63. The number of ether oxygens (including phenoxy) is 2. The summed E-state index contributed by atoms with van der Waals surface area (Å²) in [4.78, 5) is 0. The largest absolute Gasteiger partial charge is 0.485 e. The predicted octanol–water partition coefficient (Wildman–Crippen LogP) is 3.44. The predicted molar refractivity (Wildman–Crippen MR) is 80.3 cm³/mol. The van der Waals surface area contributed by atoms with Gasteiger partial charge in [0.1, 0.15) is 11.7 Å². The van der Waals surface area contributed by atoms with Gasteiger partial charge in [-0.05, 0) is 39.2 Å². The second kappa shape index (κ2) is 5.28. The SMILES string of the molecule is CC1(C)Cc2cccc(OC3CCCCCC3N)c2O1. The molecule has 0 amide bonds. The summed E-state index contributed by atoms with van der Waals surface area (Å²) in [6.07, 6.45) is 6.87. The molecule has 20 heavy (non-hydrogen) atoms. The maximum Gasteiger partial charge on any atom is 0.165 e. The first kappa shape index (κ1) is 13.7. The number of nitrogens with two attached hydrogens (primary N) is 1. The van der Waals surface area contributed by atoms with Crippen molar-refractivity contribution in [1.29, 1.82) is 0 Å². The van der Waals surface area contributed by atoms with Crippen LogP contribution in [-0.2, 0) is 6.42 Å². The van der Waals surface area contributed by atoms with Crippen LogP contribution in [0, 0.1) is 0 Å².